The van der Waals surface area contributed by atoms with Crippen LogP contribution in [0.1, 0.15) is 15.4 Å². The van der Waals surface area contributed by atoms with Gasteiger partial charge >= 0.3 is 0 Å². The van der Waals surface area contributed by atoms with Gasteiger partial charge in [0.1, 0.15) is 11.3 Å². The highest BCUT2D eigenvalue weighted by Crippen LogP contribution is 2.31. The maximum absolute atomic E-state index is 12.5. The average Bonchev–Trinajstić information content (AvgIpc) is 3.25. The number of ether oxygens (including phenoxy) is 1. The lowest BCUT2D eigenvalue weighted by molar-refractivity contribution is 0.0998. The highest BCUT2D eigenvalue weighted by Gasteiger charge is 2.16. The molecule has 0 aliphatic heterocycles. The summed E-state index contributed by atoms with van der Waals surface area (Å²) in [6.45, 7) is 1.98. The molecule has 1 amide bonds. The van der Waals surface area contributed by atoms with E-state index in [0.29, 0.717) is 10.7 Å². The van der Waals surface area contributed by atoms with Crippen molar-refractivity contribution < 1.29 is 13.9 Å². The number of hydrogen-bond acceptors (Lipinski definition) is 5. The molecule has 2 aromatic carbocycles. The van der Waals surface area contributed by atoms with Crippen molar-refractivity contribution in [1.29, 1.82) is 0 Å². The van der Waals surface area contributed by atoms with E-state index in [-0.39, 0.29) is 11.7 Å². The molecular weight excluding hydrogens is 348 g/mol. The molecule has 0 atom stereocenters. The van der Waals surface area contributed by atoms with E-state index in [0.717, 1.165) is 27.3 Å². The van der Waals surface area contributed by atoms with Gasteiger partial charge < -0.3 is 9.15 Å². The molecule has 2 heterocycles. The van der Waals surface area contributed by atoms with Crippen LogP contribution < -0.4 is 10.1 Å². The molecule has 4 rings (SSSR count). The van der Waals surface area contributed by atoms with E-state index in [2.05, 4.69) is 10.3 Å². The number of hydrogen-bond donors (Lipinski definition) is 1. The number of para-hydroxylation sites is 1. The van der Waals surface area contributed by atoms with Gasteiger partial charge in [0.2, 0.25) is 0 Å². The van der Waals surface area contributed by atoms with Gasteiger partial charge in [-0.15, -0.1) is 11.3 Å². The number of aryl methyl sites for hydroxylation is 1. The highest BCUT2D eigenvalue weighted by molar-refractivity contribution is 7.16. The first-order valence-electron chi connectivity index (χ1n) is 8.06. The fourth-order valence-electron chi connectivity index (χ4n) is 2.72. The number of rotatable bonds is 4. The maximum Gasteiger partial charge on any atom is 0.293 e. The largest absolute Gasteiger partial charge is 0.497 e. The Hall–Kier alpha value is -3.12. The molecule has 130 valence electrons. The van der Waals surface area contributed by atoms with Gasteiger partial charge in [-0.2, -0.15) is 0 Å². The molecule has 0 unspecified atom stereocenters. The molecule has 26 heavy (non-hydrogen) atoms. The molecule has 6 heteroatoms. The van der Waals surface area contributed by atoms with Crippen molar-refractivity contribution >= 4 is 33.3 Å². The number of aromatic nitrogens is 1. The van der Waals surface area contributed by atoms with Crippen LogP contribution in [0.15, 0.2) is 59.0 Å². The monoisotopic (exact) mass is 364 g/mol. The number of carbonyl (C=O) groups excluding carboxylic acids is 1. The Morgan fingerprint density at radius 3 is 2.65 bits per heavy atom. The highest BCUT2D eigenvalue weighted by atomic mass is 32.1. The Labute approximate surface area is 154 Å². The Morgan fingerprint density at radius 1 is 1.15 bits per heavy atom. The van der Waals surface area contributed by atoms with E-state index < -0.39 is 0 Å². The SMILES string of the molecule is COc1ccc(-c2nc(NC(=O)c3cc4ccccc4o3)sc2C)cc1. The lowest BCUT2D eigenvalue weighted by atomic mass is 10.1. The molecule has 1 N–H and O–H groups in total. The Bertz CT molecular complexity index is 1050. The van der Waals surface area contributed by atoms with Gasteiger partial charge in [0.25, 0.3) is 5.91 Å². The van der Waals surface area contributed by atoms with Gasteiger partial charge in [-0.1, -0.05) is 18.2 Å². The summed E-state index contributed by atoms with van der Waals surface area (Å²) in [4.78, 5) is 18.1. The van der Waals surface area contributed by atoms with E-state index >= 15 is 0 Å². The van der Waals surface area contributed by atoms with E-state index in [1.807, 2.05) is 55.5 Å². The second-order valence-electron chi connectivity index (χ2n) is 5.75. The van der Waals surface area contributed by atoms with Crippen molar-refractivity contribution in [3.63, 3.8) is 0 Å². The molecule has 0 spiro atoms. The van der Waals surface area contributed by atoms with Crippen LogP contribution in [-0.2, 0) is 0 Å². The van der Waals surface area contributed by atoms with E-state index in [4.69, 9.17) is 9.15 Å². The van der Waals surface area contributed by atoms with Crippen LogP contribution in [0.3, 0.4) is 0 Å². The summed E-state index contributed by atoms with van der Waals surface area (Å²) in [5.41, 5.74) is 2.51. The van der Waals surface area contributed by atoms with E-state index in [1.54, 1.807) is 13.2 Å². The normalized spacial score (nSPS) is 10.8. The standard InChI is InChI=1S/C20H16N2O3S/c1-12-18(13-7-9-15(24-2)10-8-13)21-20(26-12)22-19(23)17-11-14-5-3-4-6-16(14)25-17/h3-11H,1-2H3,(H,21,22,23). The smallest absolute Gasteiger partial charge is 0.293 e. The minimum Gasteiger partial charge on any atom is -0.497 e. The molecule has 2 aromatic heterocycles. The molecule has 0 aliphatic carbocycles. The van der Waals surface area contributed by atoms with Crippen LogP contribution >= 0.6 is 11.3 Å². The number of amides is 1. The number of fused-ring (bicyclic) bond motifs is 1. The molecule has 0 fully saturated rings. The van der Waals surface area contributed by atoms with Crippen LogP contribution in [0.2, 0.25) is 0 Å². The van der Waals surface area contributed by atoms with Crippen LogP contribution in [0.4, 0.5) is 5.13 Å². The number of nitrogens with one attached hydrogen (secondary N) is 1. The summed E-state index contributed by atoms with van der Waals surface area (Å²) in [6, 6.07) is 16.9. The zero-order chi connectivity index (χ0) is 18.1. The van der Waals surface area contributed by atoms with Gasteiger partial charge in [0.15, 0.2) is 10.9 Å². The Kier molecular flexibility index (Phi) is 4.18. The summed E-state index contributed by atoms with van der Waals surface area (Å²) in [7, 11) is 1.63. The zero-order valence-corrected chi connectivity index (χ0v) is 15.1. The van der Waals surface area contributed by atoms with Gasteiger partial charge in [-0.05, 0) is 43.3 Å². The van der Waals surface area contributed by atoms with Crippen molar-refractivity contribution in [2.45, 2.75) is 6.92 Å². The van der Waals surface area contributed by atoms with Crippen molar-refractivity contribution in [1.82, 2.24) is 4.98 Å². The molecule has 5 nitrogen and oxygen atoms in total. The summed E-state index contributed by atoms with van der Waals surface area (Å²) >= 11 is 1.43. The molecule has 4 aromatic rings. The minimum atomic E-state index is -0.309. The first-order valence-corrected chi connectivity index (χ1v) is 8.87. The fourth-order valence-corrected chi connectivity index (χ4v) is 3.55. The summed E-state index contributed by atoms with van der Waals surface area (Å²) < 4.78 is 10.8. The fraction of sp³-hybridized carbons (Fsp3) is 0.100. The average molecular weight is 364 g/mol. The number of thiazole rings is 1. The van der Waals surface area contributed by atoms with Crippen molar-refractivity contribution in [3.8, 4) is 17.0 Å². The summed E-state index contributed by atoms with van der Waals surface area (Å²) in [5.74, 6) is 0.751. The predicted octanol–water partition coefficient (Wildman–Crippen LogP) is 5.13. The zero-order valence-electron chi connectivity index (χ0n) is 14.3. The third-order valence-electron chi connectivity index (χ3n) is 4.03. The maximum atomic E-state index is 12.5. The van der Waals surface area contributed by atoms with Crippen molar-refractivity contribution in [2.24, 2.45) is 0 Å². The van der Waals surface area contributed by atoms with E-state index in [9.17, 15) is 4.79 Å². The van der Waals surface area contributed by atoms with Gasteiger partial charge in [-0.3, -0.25) is 10.1 Å². The molecule has 0 bridgehead atoms. The van der Waals surface area contributed by atoms with Crippen molar-refractivity contribution in [3.05, 3.63) is 65.2 Å². The summed E-state index contributed by atoms with van der Waals surface area (Å²) in [6.07, 6.45) is 0. The van der Waals surface area contributed by atoms with Gasteiger partial charge in [0.05, 0.1) is 12.8 Å². The molecular formula is C20H16N2O3S. The van der Waals surface area contributed by atoms with E-state index in [1.165, 1.54) is 11.3 Å². The van der Waals surface area contributed by atoms with Crippen LogP contribution in [0, 0.1) is 6.92 Å². The molecule has 0 saturated heterocycles. The Balaban J connectivity index is 1.57. The van der Waals surface area contributed by atoms with Gasteiger partial charge in [-0.25, -0.2) is 4.98 Å². The second-order valence-corrected chi connectivity index (χ2v) is 6.96. The molecule has 0 radical (unpaired) electrons. The first-order chi connectivity index (χ1) is 12.6. The van der Waals surface area contributed by atoms with Crippen LogP contribution in [-0.4, -0.2) is 18.0 Å². The molecule has 0 saturated carbocycles. The van der Waals surface area contributed by atoms with Gasteiger partial charge in [0, 0.05) is 15.8 Å². The second kappa shape index (κ2) is 6.65. The third-order valence-corrected chi connectivity index (χ3v) is 4.92. The minimum absolute atomic E-state index is 0.269. The topological polar surface area (TPSA) is 64.4 Å². The van der Waals surface area contributed by atoms with Crippen LogP contribution in [0.25, 0.3) is 22.2 Å². The summed E-state index contributed by atoms with van der Waals surface area (Å²) in [5, 5.41) is 4.26. The lowest BCUT2D eigenvalue weighted by Gasteiger charge is -2.01. The number of anilines is 1. The lowest BCUT2D eigenvalue weighted by Crippen LogP contribution is -2.10. The third kappa shape index (κ3) is 3.07. The number of nitrogens with zero attached hydrogens (tertiary/aromatic N) is 1. The predicted molar refractivity (Wildman–Crippen MR) is 103 cm³/mol. The quantitative estimate of drug-likeness (QED) is 0.545. The number of carbonyl (C=O) groups is 1. The first kappa shape index (κ1) is 16.4. The number of methoxy groups -OCH3 is 1. The molecule has 0 aliphatic rings. The Morgan fingerprint density at radius 2 is 1.92 bits per heavy atom. The van der Waals surface area contributed by atoms with Crippen molar-refractivity contribution in [2.75, 3.05) is 12.4 Å². The van der Waals surface area contributed by atoms with Crippen LogP contribution in [0.5, 0.6) is 5.75 Å². The number of furan rings is 1. The number of benzene rings is 2.